The van der Waals surface area contributed by atoms with E-state index in [1.807, 2.05) is 12.5 Å². The van der Waals surface area contributed by atoms with Crippen molar-refractivity contribution in [2.45, 2.75) is 38.8 Å². The van der Waals surface area contributed by atoms with Crippen molar-refractivity contribution >= 4 is 0 Å². The van der Waals surface area contributed by atoms with Crippen molar-refractivity contribution in [2.24, 2.45) is 0 Å². The summed E-state index contributed by atoms with van der Waals surface area (Å²) < 4.78 is 13.7. The number of nitrogens with zero attached hydrogens (tertiary/aromatic N) is 3. The van der Waals surface area contributed by atoms with Gasteiger partial charge in [-0.2, -0.15) is 0 Å². The van der Waals surface area contributed by atoms with Crippen LogP contribution in [0.3, 0.4) is 0 Å². The highest BCUT2D eigenvalue weighted by Gasteiger charge is 2.30. The largest absolute Gasteiger partial charge is 0.487 e. The molecule has 1 atom stereocenters. The van der Waals surface area contributed by atoms with E-state index in [1.54, 1.807) is 0 Å². The van der Waals surface area contributed by atoms with Gasteiger partial charge in [0.05, 0.1) is 31.4 Å². The van der Waals surface area contributed by atoms with Crippen LogP contribution in [-0.2, 0) is 11.2 Å². The van der Waals surface area contributed by atoms with Crippen molar-refractivity contribution in [1.82, 2.24) is 14.5 Å². The lowest BCUT2D eigenvalue weighted by Crippen LogP contribution is -2.39. The van der Waals surface area contributed by atoms with Gasteiger partial charge in [-0.25, -0.2) is 4.98 Å². The molecule has 1 aromatic carbocycles. The van der Waals surface area contributed by atoms with Gasteiger partial charge in [0, 0.05) is 37.7 Å². The molecule has 0 bridgehead atoms. The van der Waals surface area contributed by atoms with Crippen molar-refractivity contribution in [1.29, 1.82) is 0 Å². The fourth-order valence-electron chi connectivity index (χ4n) is 3.89. The van der Waals surface area contributed by atoms with Crippen molar-refractivity contribution in [2.75, 3.05) is 32.8 Å². The molecule has 134 valence electrons. The van der Waals surface area contributed by atoms with E-state index >= 15 is 0 Å². The highest BCUT2D eigenvalue weighted by molar-refractivity contribution is 5.63. The Labute approximate surface area is 149 Å². The number of ether oxygens (including phenoxy) is 2. The molecule has 2 aromatic rings. The van der Waals surface area contributed by atoms with Gasteiger partial charge >= 0.3 is 0 Å². The fourth-order valence-corrected chi connectivity index (χ4v) is 3.89. The molecular formula is C20H27N3O2. The number of imidazole rings is 1. The summed E-state index contributed by atoms with van der Waals surface area (Å²) in [6, 6.07) is 6.88. The van der Waals surface area contributed by atoms with Crippen molar-refractivity contribution < 1.29 is 9.47 Å². The monoisotopic (exact) mass is 341 g/mol. The lowest BCUT2D eigenvalue weighted by molar-refractivity contribution is 0.0326. The van der Waals surface area contributed by atoms with Crippen LogP contribution >= 0.6 is 0 Å². The molecule has 3 heterocycles. The molecule has 2 aliphatic rings. The predicted molar refractivity (Wildman–Crippen MR) is 98.0 cm³/mol. The van der Waals surface area contributed by atoms with Crippen LogP contribution in [-0.4, -0.2) is 52.9 Å². The first kappa shape index (κ1) is 16.6. The minimum atomic E-state index is -0.106. The molecular weight excluding hydrogens is 314 g/mol. The lowest BCUT2D eigenvalue weighted by atomic mass is 9.99. The molecule has 0 N–H and O–H groups in total. The molecule has 5 heteroatoms. The van der Waals surface area contributed by atoms with Gasteiger partial charge in [0.1, 0.15) is 11.4 Å². The van der Waals surface area contributed by atoms with Crippen LogP contribution in [0.4, 0.5) is 0 Å². The summed E-state index contributed by atoms with van der Waals surface area (Å²) in [5, 5.41) is 0. The number of hydrogen-bond donors (Lipinski definition) is 0. The van der Waals surface area contributed by atoms with Crippen molar-refractivity contribution in [3.63, 3.8) is 0 Å². The van der Waals surface area contributed by atoms with E-state index in [2.05, 4.69) is 53.4 Å². The summed E-state index contributed by atoms with van der Waals surface area (Å²) in [7, 11) is 0. The quantitative estimate of drug-likeness (QED) is 0.856. The third kappa shape index (κ3) is 3.44. The third-order valence-electron chi connectivity index (χ3n) is 5.13. The highest BCUT2D eigenvalue weighted by atomic mass is 16.5. The summed E-state index contributed by atoms with van der Waals surface area (Å²) in [4.78, 5) is 6.89. The predicted octanol–water partition coefficient (Wildman–Crippen LogP) is 3.16. The summed E-state index contributed by atoms with van der Waals surface area (Å²) in [5.74, 6) is 1.01. The number of rotatable bonds is 4. The molecule has 25 heavy (non-hydrogen) atoms. The smallest absolute Gasteiger partial charge is 0.123 e. The van der Waals surface area contributed by atoms with Crippen LogP contribution in [0.5, 0.6) is 5.75 Å². The Morgan fingerprint density at radius 1 is 1.24 bits per heavy atom. The van der Waals surface area contributed by atoms with Gasteiger partial charge in [-0.1, -0.05) is 0 Å². The average Bonchev–Trinajstić information content (AvgIpc) is 3.17. The van der Waals surface area contributed by atoms with Gasteiger partial charge in [-0.15, -0.1) is 0 Å². The first-order valence-corrected chi connectivity index (χ1v) is 9.16. The van der Waals surface area contributed by atoms with Crippen LogP contribution in [0.15, 0.2) is 30.7 Å². The molecule has 0 unspecified atom stereocenters. The number of aromatic nitrogens is 2. The normalized spacial score (nSPS) is 20.9. The van der Waals surface area contributed by atoms with Crippen LogP contribution in [0, 0.1) is 0 Å². The van der Waals surface area contributed by atoms with Crippen molar-refractivity contribution in [3.8, 4) is 17.0 Å². The van der Waals surface area contributed by atoms with Gasteiger partial charge < -0.3 is 14.0 Å². The molecule has 1 fully saturated rings. The molecule has 1 aromatic heterocycles. The zero-order valence-corrected chi connectivity index (χ0v) is 15.4. The second-order valence-corrected chi connectivity index (χ2v) is 7.81. The maximum atomic E-state index is 6.00. The van der Waals surface area contributed by atoms with Gasteiger partial charge in [0.25, 0.3) is 0 Å². The zero-order chi connectivity index (χ0) is 17.4. The Kier molecular flexibility index (Phi) is 4.29. The molecule has 0 amide bonds. The summed E-state index contributed by atoms with van der Waals surface area (Å²) in [6.07, 6.45) is 4.88. The van der Waals surface area contributed by atoms with Gasteiger partial charge in [0.2, 0.25) is 0 Å². The van der Waals surface area contributed by atoms with Gasteiger partial charge in [0.15, 0.2) is 0 Å². The topological polar surface area (TPSA) is 39.5 Å². The molecule has 2 aliphatic heterocycles. The highest BCUT2D eigenvalue weighted by Crippen LogP contribution is 2.37. The van der Waals surface area contributed by atoms with Gasteiger partial charge in [-0.05, 0) is 44.5 Å². The number of hydrogen-bond acceptors (Lipinski definition) is 4. The Hall–Kier alpha value is -1.85. The Morgan fingerprint density at radius 2 is 2.04 bits per heavy atom. The number of fused-ring (bicyclic) bond motifs is 1. The molecule has 5 nitrogen and oxygen atoms in total. The van der Waals surface area contributed by atoms with Gasteiger partial charge in [-0.3, -0.25) is 4.90 Å². The fraction of sp³-hybridized carbons (Fsp3) is 0.550. The van der Waals surface area contributed by atoms with E-state index in [-0.39, 0.29) is 5.60 Å². The number of morpholine rings is 1. The van der Waals surface area contributed by atoms with E-state index < -0.39 is 0 Å². The molecule has 4 rings (SSSR count). The first-order chi connectivity index (χ1) is 12.0. The molecule has 0 radical (unpaired) electrons. The number of benzene rings is 1. The van der Waals surface area contributed by atoms with Crippen LogP contribution in [0.2, 0.25) is 0 Å². The van der Waals surface area contributed by atoms with Crippen LogP contribution < -0.4 is 4.74 Å². The SMILES string of the molecule is C[C@@H](CN1CCOCC1)n1cncc1-c1ccc2c(c1)CC(C)(C)O2. The average molecular weight is 341 g/mol. The van der Waals surface area contributed by atoms with Crippen LogP contribution in [0.1, 0.15) is 32.4 Å². The maximum Gasteiger partial charge on any atom is 0.123 e. The summed E-state index contributed by atoms with van der Waals surface area (Å²) in [6.45, 7) is 11.3. The van der Waals surface area contributed by atoms with E-state index in [1.165, 1.54) is 16.8 Å². The Bertz CT molecular complexity index is 747. The van der Waals surface area contributed by atoms with E-state index in [4.69, 9.17) is 9.47 Å². The lowest BCUT2D eigenvalue weighted by Gasteiger charge is -2.30. The summed E-state index contributed by atoms with van der Waals surface area (Å²) >= 11 is 0. The maximum absolute atomic E-state index is 6.00. The van der Waals surface area contributed by atoms with E-state index in [9.17, 15) is 0 Å². The first-order valence-electron chi connectivity index (χ1n) is 9.16. The third-order valence-corrected chi connectivity index (χ3v) is 5.13. The molecule has 0 spiro atoms. The second kappa shape index (κ2) is 6.46. The van der Waals surface area contributed by atoms with E-state index in [0.717, 1.165) is 45.0 Å². The summed E-state index contributed by atoms with van der Waals surface area (Å²) in [5.41, 5.74) is 3.57. The molecule has 0 aliphatic carbocycles. The van der Waals surface area contributed by atoms with E-state index in [0.29, 0.717) is 6.04 Å². The Balaban J connectivity index is 1.55. The molecule has 0 saturated carbocycles. The minimum Gasteiger partial charge on any atom is -0.487 e. The minimum absolute atomic E-state index is 0.106. The van der Waals surface area contributed by atoms with Crippen LogP contribution in [0.25, 0.3) is 11.3 Å². The Morgan fingerprint density at radius 3 is 2.84 bits per heavy atom. The zero-order valence-electron chi connectivity index (χ0n) is 15.4. The molecule has 1 saturated heterocycles. The standard InChI is InChI=1S/C20H27N3O2/c1-15(13-22-6-8-24-9-7-22)23-14-21-12-18(23)16-4-5-19-17(10-16)11-20(2,3)25-19/h4-5,10,12,14-15H,6-9,11,13H2,1-3H3/t15-/m0/s1. The second-order valence-electron chi connectivity index (χ2n) is 7.81. The van der Waals surface area contributed by atoms with Crippen molar-refractivity contribution in [3.05, 3.63) is 36.3 Å².